The number of methoxy groups -OCH3 is 2. The van der Waals surface area contributed by atoms with E-state index in [0.29, 0.717) is 59.3 Å². The number of carbonyl (C=O) groups excluding carboxylic acids is 4. The molecule has 7 unspecified atom stereocenters. The summed E-state index contributed by atoms with van der Waals surface area (Å²) in [5, 5.41) is 2.85. The highest BCUT2D eigenvalue weighted by Gasteiger charge is 2.40. The predicted octanol–water partition coefficient (Wildman–Crippen LogP) is 1.12. The van der Waals surface area contributed by atoms with Gasteiger partial charge in [0, 0.05) is 40.3 Å². The van der Waals surface area contributed by atoms with E-state index in [4.69, 9.17) is 29.6 Å². The van der Waals surface area contributed by atoms with E-state index in [2.05, 4.69) is 10.2 Å². The van der Waals surface area contributed by atoms with Gasteiger partial charge in [0.05, 0.1) is 89.5 Å². The van der Waals surface area contributed by atoms with Gasteiger partial charge in [-0.25, -0.2) is 5.90 Å². The number of nitrogens with zero attached hydrogens (tertiary/aromatic N) is 3. The van der Waals surface area contributed by atoms with Gasteiger partial charge in [0.15, 0.2) is 0 Å². The quantitative estimate of drug-likeness (QED) is 0.0673. The molecule has 1 saturated heterocycles. The summed E-state index contributed by atoms with van der Waals surface area (Å²) in [5.41, 5.74) is 0. The van der Waals surface area contributed by atoms with E-state index in [-0.39, 0.29) is 54.5 Å². The van der Waals surface area contributed by atoms with Crippen molar-refractivity contribution in [3.8, 4) is 0 Å². The van der Waals surface area contributed by atoms with Crippen LogP contribution in [0.4, 0.5) is 0 Å². The smallest absolute Gasteiger partial charge is 0.242 e. The lowest BCUT2D eigenvalue weighted by Gasteiger charge is -2.39. The first-order valence-corrected chi connectivity index (χ1v) is 18.0. The van der Waals surface area contributed by atoms with Gasteiger partial charge in [-0.3, -0.25) is 19.3 Å². The Bertz CT molecular complexity index is 976. The predicted molar refractivity (Wildman–Crippen MR) is 189 cm³/mol. The van der Waals surface area contributed by atoms with Crippen LogP contribution < -0.4 is 11.2 Å². The monoisotopic (exact) mass is 717 g/mol. The zero-order chi connectivity index (χ0) is 37.6. The van der Waals surface area contributed by atoms with Gasteiger partial charge in [0.25, 0.3) is 0 Å². The van der Waals surface area contributed by atoms with Crippen molar-refractivity contribution in [3.05, 3.63) is 0 Å². The van der Waals surface area contributed by atoms with Crippen LogP contribution in [0.25, 0.3) is 0 Å². The summed E-state index contributed by atoms with van der Waals surface area (Å²) >= 11 is 0. The first kappa shape index (κ1) is 45.8. The maximum atomic E-state index is 13.7. The number of aldehydes is 1. The molecule has 3 amide bonds. The molecule has 15 nitrogen and oxygen atoms in total. The van der Waals surface area contributed by atoms with Crippen LogP contribution in [0.3, 0.4) is 0 Å². The second-order valence-corrected chi connectivity index (χ2v) is 13.4. The van der Waals surface area contributed by atoms with E-state index in [0.717, 1.165) is 25.5 Å². The van der Waals surface area contributed by atoms with Crippen LogP contribution in [0.5, 0.6) is 0 Å². The fourth-order valence-corrected chi connectivity index (χ4v) is 6.68. The number of hydrogen-bond acceptors (Lipinski definition) is 12. The van der Waals surface area contributed by atoms with Gasteiger partial charge in [-0.15, -0.1) is 0 Å². The number of nitrogens with two attached hydrogens (primary N) is 1. The van der Waals surface area contributed by atoms with Gasteiger partial charge >= 0.3 is 0 Å². The van der Waals surface area contributed by atoms with Gasteiger partial charge in [0.1, 0.15) is 6.29 Å². The molecule has 0 radical (unpaired) electrons. The zero-order valence-electron chi connectivity index (χ0n) is 32.1. The van der Waals surface area contributed by atoms with Crippen molar-refractivity contribution < 1.29 is 47.7 Å². The van der Waals surface area contributed by atoms with E-state index in [1.165, 1.54) is 0 Å². The molecule has 0 saturated carbocycles. The van der Waals surface area contributed by atoms with Crippen molar-refractivity contribution in [2.45, 2.75) is 90.6 Å². The molecule has 3 N–H and O–H groups in total. The summed E-state index contributed by atoms with van der Waals surface area (Å²) in [4.78, 5) is 61.9. The minimum Gasteiger partial charge on any atom is -0.379 e. The number of likely N-dealkylation sites (N-methyl/N-ethyl adjacent to an activating group) is 2. The second kappa shape index (κ2) is 25.7. The molecule has 1 aliphatic heterocycles. The average molecular weight is 718 g/mol. The number of hydrogen-bond donors (Lipinski definition) is 2. The average Bonchev–Trinajstić information content (AvgIpc) is 3.58. The Kier molecular flexibility index (Phi) is 23.5. The van der Waals surface area contributed by atoms with Crippen LogP contribution in [-0.2, 0) is 47.7 Å². The first-order valence-electron chi connectivity index (χ1n) is 18.0. The molecule has 50 heavy (non-hydrogen) atoms. The molecule has 0 spiro atoms. The first-order chi connectivity index (χ1) is 23.9. The van der Waals surface area contributed by atoms with Crippen LogP contribution in [-0.4, -0.2) is 163 Å². The van der Waals surface area contributed by atoms with Crippen molar-refractivity contribution in [1.29, 1.82) is 0 Å². The molecule has 0 bridgehead atoms. The normalized spacial score (nSPS) is 18.5. The minimum atomic E-state index is -0.572. The van der Waals surface area contributed by atoms with Crippen molar-refractivity contribution in [2.75, 3.05) is 94.2 Å². The van der Waals surface area contributed by atoms with E-state index in [1.807, 2.05) is 39.6 Å². The Hall–Kier alpha value is -2.24. The van der Waals surface area contributed by atoms with Crippen molar-refractivity contribution >= 4 is 24.0 Å². The molecule has 1 fully saturated rings. The lowest BCUT2D eigenvalue weighted by atomic mass is 9.90. The third-order valence-electron chi connectivity index (χ3n) is 9.60. The Morgan fingerprint density at radius 1 is 0.940 bits per heavy atom. The lowest BCUT2D eigenvalue weighted by molar-refractivity contribution is -0.145. The topological polar surface area (TPSA) is 171 Å². The molecule has 1 rings (SSSR count). The van der Waals surface area contributed by atoms with Crippen LogP contribution in [0, 0.1) is 17.8 Å². The maximum Gasteiger partial charge on any atom is 0.242 e. The zero-order valence-corrected chi connectivity index (χ0v) is 32.1. The highest BCUT2D eigenvalue weighted by atomic mass is 16.6. The molecule has 1 aliphatic rings. The second-order valence-electron chi connectivity index (χ2n) is 13.4. The summed E-state index contributed by atoms with van der Waals surface area (Å²) in [7, 11) is 6.68. The van der Waals surface area contributed by atoms with Crippen LogP contribution in [0.15, 0.2) is 0 Å². The summed E-state index contributed by atoms with van der Waals surface area (Å²) in [6.45, 7) is 13.6. The summed E-state index contributed by atoms with van der Waals surface area (Å²) in [6, 6.07) is -1.08. The van der Waals surface area contributed by atoms with Crippen LogP contribution >= 0.6 is 0 Å². The standard InChI is InChI=1S/C35H67N5O10/c1-10-26(4)33(29(45-8)22-30(42)40-13-11-12-28(40)34(46-9)27(5)24-41)39(7)31(43)23-37-35(44)32(25(2)3)38(6)14-15-47-16-17-48-18-19-49-20-21-50-36/h24-29,32-34H,10-23,36H2,1-9H3,(H,37,44). The van der Waals surface area contributed by atoms with Crippen LogP contribution in [0.2, 0.25) is 0 Å². The number of amides is 3. The van der Waals surface area contributed by atoms with E-state index in [9.17, 15) is 19.2 Å². The van der Waals surface area contributed by atoms with Gasteiger partial charge in [-0.2, -0.15) is 0 Å². The Morgan fingerprint density at radius 2 is 1.54 bits per heavy atom. The summed E-state index contributed by atoms with van der Waals surface area (Å²) in [5.74, 6) is 3.97. The molecule has 0 aromatic carbocycles. The van der Waals surface area contributed by atoms with E-state index >= 15 is 0 Å². The van der Waals surface area contributed by atoms with Crippen molar-refractivity contribution in [2.24, 2.45) is 23.7 Å². The number of rotatable bonds is 28. The molecule has 0 aromatic heterocycles. The van der Waals surface area contributed by atoms with Crippen molar-refractivity contribution in [3.63, 3.8) is 0 Å². The molecular weight excluding hydrogens is 650 g/mol. The summed E-state index contributed by atoms with van der Waals surface area (Å²) < 4.78 is 28.0. The number of nitrogens with one attached hydrogen (secondary N) is 1. The minimum absolute atomic E-state index is 0.0123. The fourth-order valence-electron chi connectivity index (χ4n) is 6.68. The summed E-state index contributed by atoms with van der Waals surface area (Å²) in [6.07, 6.45) is 2.31. The molecular formula is C35H67N5O10. The third kappa shape index (κ3) is 15.2. The highest BCUT2D eigenvalue weighted by Crippen LogP contribution is 2.28. The largest absolute Gasteiger partial charge is 0.379 e. The van der Waals surface area contributed by atoms with Gasteiger partial charge in [0.2, 0.25) is 17.7 Å². The molecule has 0 aliphatic carbocycles. The molecule has 15 heteroatoms. The number of ether oxygens (including phenoxy) is 5. The Balaban J connectivity index is 2.75. The van der Waals surface area contributed by atoms with Gasteiger partial charge < -0.3 is 48.4 Å². The van der Waals surface area contributed by atoms with Crippen molar-refractivity contribution in [1.82, 2.24) is 20.0 Å². The van der Waals surface area contributed by atoms with E-state index < -0.39 is 24.3 Å². The van der Waals surface area contributed by atoms with E-state index in [1.54, 1.807) is 38.0 Å². The SMILES string of the molecule is CCC(C)C(C(CC(=O)N1CCCC1C(OC)C(C)C=O)OC)N(C)C(=O)CNC(=O)C(C(C)C)N(C)CCOCCOCCOCCON. The maximum absolute atomic E-state index is 13.7. The Morgan fingerprint density at radius 3 is 2.06 bits per heavy atom. The van der Waals surface area contributed by atoms with Gasteiger partial charge in [-0.05, 0) is 31.7 Å². The molecule has 1 heterocycles. The molecule has 7 atom stereocenters. The Labute approximate surface area is 300 Å². The lowest BCUT2D eigenvalue weighted by Crippen LogP contribution is -2.55. The van der Waals surface area contributed by atoms with Crippen LogP contribution in [0.1, 0.15) is 60.3 Å². The molecule has 292 valence electrons. The van der Waals surface area contributed by atoms with Gasteiger partial charge in [-0.1, -0.05) is 41.0 Å². The fraction of sp³-hybridized carbons (Fsp3) is 0.886. The third-order valence-corrected chi connectivity index (χ3v) is 9.60. The highest BCUT2D eigenvalue weighted by molar-refractivity contribution is 5.87. The molecule has 0 aromatic rings. The number of carbonyl (C=O) groups is 4. The number of likely N-dealkylation sites (tertiary alicyclic amines) is 1.